The van der Waals surface area contributed by atoms with E-state index in [1.807, 2.05) is 0 Å². The minimum absolute atomic E-state index is 0.392. The first kappa shape index (κ1) is 17.3. The molecule has 4 heteroatoms. The third kappa shape index (κ3) is 4.29. The van der Waals surface area contributed by atoms with Gasteiger partial charge in [-0.2, -0.15) is 0 Å². The van der Waals surface area contributed by atoms with Crippen molar-refractivity contribution >= 4 is 11.6 Å². The van der Waals surface area contributed by atoms with Gasteiger partial charge in [0.15, 0.2) is 5.96 Å². The Bertz CT molecular complexity index is 539. The molecule has 2 aliphatic rings. The van der Waals surface area contributed by atoms with Crippen LogP contribution in [-0.4, -0.2) is 36.0 Å². The average molecular weight is 329 g/mol. The van der Waals surface area contributed by atoms with E-state index in [2.05, 4.69) is 53.3 Å². The number of aliphatic imine (C=N–C) groups is 1. The SMILES string of the molecule is CCC(C)c1ccc(NC(N)=NC2CC(N3CCCCC3)C2)cc1. The highest BCUT2D eigenvalue weighted by Gasteiger charge is 2.33. The fourth-order valence-electron chi connectivity index (χ4n) is 3.75. The molecule has 1 aromatic rings. The number of hydrogen-bond donors (Lipinski definition) is 2. The fraction of sp³-hybridized carbons (Fsp3) is 0.650. The molecule has 0 spiro atoms. The number of piperidine rings is 1. The van der Waals surface area contributed by atoms with Crippen molar-refractivity contribution in [2.45, 2.75) is 70.4 Å². The van der Waals surface area contributed by atoms with Gasteiger partial charge in [-0.25, -0.2) is 4.99 Å². The van der Waals surface area contributed by atoms with Gasteiger partial charge in [0, 0.05) is 11.7 Å². The summed E-state index contributed by atoms with van der Waals surface area (Å²) in [5.41, 5.74) is 8.49. The van der Waals surface area contributed by atoms with Crippen LogP contribution in [0, 0.1) is 0 Å². The van der Waals surface area contributed by atoms with E-state index in [1.54, 1.807) is 0 Å². The first-order valence-electron chi connectivity index (χ1n) is 9.60. The van der Waals surface area contributed by atoms with Gasteiger partial charge in [0.25, 0.3) is 0 Å². The first-order valence-corrected chi connectivity index (χ1v) is 9.60. The molecule has 132 valence electrons. The Morgan fingerprint density at radius 1 is 1.21 bits per heavy atom. The number of nitrogens with one attached hydrogen (secondary N) is 1. The van der Waals surface area contributed by atoms with Gasteiger partial charge in [0.05, 0.1) is 6.04 Å². The summed E-state index contributed by atoms with van der Waals surface area (Å²) in [4.78, 5) is 7.30. The van der Waals surface area contributed by atoms with Crippen LogP contribution in [0.15, 0.2) is 29.3 Å². The summed E-state index contributed by atoms with van der Waals surface area (Å²) in [6.45, 7) is 7.03. The Labute approximate surface area is 146 Å². The minimum Gasteiger partial charge on any atom is -0.370 e. The molecule has 0 aromatic heterocycles. The van der Waals surface area contributed by atoms with Crippen LogP contribution >= 0.6 is 0 Å². The number of nitrogens with two attached hydrogens (primary N) is 1. The van der Waals surface area contributed by atoms with Crippen LogP contribution in [0.3, 0.4) is 0 Å². The molecule has 1 aliphatic carbocycles. The number of likely N-dealkylation sites (tertiary alicyclic amines) is 1. The molecule has 0 amide bonds. The van der Waals surface area contributed by atoms with Gasteiger partial charge >= 0.3 is 0 Å². The maximum absolute atomic E-state index is 6.09. The molecule has 1 saturated carbocycles. The second-order valence-corrected chi connectivity index (χ2v) is 7.45. The van der Waals surface area contributed by atoms with Crippen molar-refractivity contribution in [2.24, 2.45) is 10.7 Å². The predicted octanol–water partition coefficient (Wildman–Crippen LogP) is 3.94. The van der Waals surface area contributed by atoms with Gasteiger partial charge in [-0.3, -0.25) is 0 Å². The molecule has 1 atom stereocenters. The summed E-state index contributed by atoms with van der Waals surface area (Å²) in [5, 5.41) is 3.23. The van der Waals surface area contributed by atoms with E-state index in [1.165, 1.54) is 37.9 Å². The van der Waals surface area contributed by atoms with Crippen molar-refractivity contribution < 1.29 is 0 Å². The zero-order chi connectivity index (χ0) is 16.9. The number of anilines is 1. The van der Waals surface area contributed by atoms with Gasteiger partial charge < -0.3 is 16.0 Å². The predicted molar refractivity (Wildman–Crippen MR) is 103 cm³/mol. The molecule has 1 heterocycles. The summed E-state index contributed by atoms with van der Waals surface area (Å²) in [5.74, 6) is 1.15. The Balaban J connectivity index is 1.47. The van der Waals surface area contributed by atoms with E-state index in [9.17, 15) is 0 Å². The van der Waals surface area contributed by atoms with Gasteiger partial charge in [0.1, 0.15) is 0 Å². The number of hydrogen-bond acceptors (Lipinski definition) is 2. The Morgan fingerprint density at radius 2 is 1.88 bits per heavy atom. The van der Waals surface area contributed by atoms with Crippen LogP contribution in [-0.2, 0) is 0 Å². The summed E-state index contributed by atoms with van der Waals surface area (Å²) >= 11 is 0. The molecule has 3 N–H and O–H groups in total. The molecule has 1 aliphatic heterocycles. The standard InChI is InChI=1S/C20H32N4/c1-3-15(2)16-7-9-17(10-8-16)22-20(21)23-18-13-19(14-18)24-11-5-4-6-12-24/h7-10,15,18-19H,3-6,11-14H2,1-2H3,(H3,21,22,23). The van der Waals surface area contributed by atoms with Gasteiger partial charge in [0.2, 0.25) is 0 Å². The average Bonchev–Trinajstić information content (AvgIpc) is 2.58. The minimum atomic E-state index is 0.392. The van der Waals surface area contributed by atoms with E-state index in [4.69, 9.17) is 5.73 Å². The van der Waals surface area contributed by atoms with Crippen LogP contribution in [0.1, 0.15) is 63.9 Å². The summed E-state index contributed by atoms with van der Waals surface area (Å²) in [7, 11) is 0. The van der Waals surface area contributed by atoms with Crippen molar-refractivity contribution in [2.75, 3.05) is 18.4 Å². The molecule has 0 bridgehead atoms. The van der Waals surface area contributed by atoms with Crippen molar-refractivity contribution in [1.29, 1.82) is 0 Å². The third-order valence-electron chi connectivity index (χ3n) is 5.68. The Morgan fingerprint density at radius 3 is 2.50 bits per heavy atom. The molecule has 4 nitrogen and oxygen atoms in total. The molecule has 24 heavy (non-hydrogen) atoms. The maximum atomic E-state index is 6.09. The third-order valence-corrected chi connectivity index (χ3v) is 5.68. The number of benzene rings is 1. The summed E-state index contributed by atoms with van der Waals surface area (Å²) in [6, 6.07) is 9.69. The molecule has 0 radical (unpaired) electrons. The first-order chi connectivity index (χ1) is 11.7. The van der Waals surface area contributed by atoms with Crippen LogP contribution in [0.5, 0.6) is 0 Å². The second-order valence-electron chi connectivity index (χ2n) is 7.45. The Hall–Kier alpha value is -1.55. The smallest absolute Gasteiger partial charge is 0.193 e. The lowest BCUT2D eigenvalue weighted by molar-refractivity contribution is 0.0912. The molecule has 1 aromatic carbocycles. The van der Waals surface area contributed by atoms with E-state index in [-0.39, 0.29) is 0 Å². The number of nitrogens with zero attached hydrogens (tertiary/aromatic N) is 2. The lowest BCUT2D eigenvalue weighted by Crippen LogP contribution is -2.49. The largest absolute Gasteiger partial charge is 0.370 e. The van der Waals surface area contributed by atoms with E-state index in [0.717, 1.165) is 31.0 Å². The molecule has 1 unspecified atom stereocenters. The van der Waals surface area contributed by atoms with Crippen LogP contribution in [0.4, 0.5) is 5.69 Å². The molecule has 2 fully saturated rings. The van der Waals surface area contributed by atoms with E-state index >= 15 is 0 Å². The molecule has 3 rings (SSSR count). The summed E-state index contributed by atoms with van der Waals surface area (Å²) in [6.07, 6.45) is 7.61. The highest BCUT2D eigenvalue weighted by molar-refractivity contribution is 5.92. The highest BCUT2D eigenvalue weighted by Crippen LogP contribution is 2.30. The monoisotopic (exact) mass is 328 g/mol. The van der Waals surface area contributed by atoms with Crippen molar-refractivity contribution in [3.63, 3.8) is 0 Å². The van der Waals surface area contributed by atoms with Crippen LogP contribution in [0.2, 0.25) is 0 Å². The zero-order valence-corrected chi connectivity index (χ0v) is 15.2. The zero-order valence-electron chi connectivity index (χ0n) is 15.2. The molecule has 1 saturated heterocycles. The molecular formula is C20H32N4. The normalized spacial score (nSPS) is 26.7. The fourth-order valence-corrected chi connectivity index (χ4v) is 3.75. The van der Waals surface area contributed by atoms with Crippen molar-refractivity contribution in [3.05, 3.63) is 29.8 Å². The molecular weight excluding hydrogens is 296 g/mol. The van der Waals surface area contributed by atoms with Crippen molar-refractivity contribution in [1.82, 2.24) is 4.90 Å². The van der Waals surface area contributed by atoms with Gasteiger partial charge in [-0.05, 0) is 68.8 Å². The maximum Gasteiger partial charge on any atom is 0.193 e. The van der Waals surface area contributed by atoms with E-state index < -0.39 is 0 Å². The number of guanidine groups is 1. The second kappa shape index (κ2) is 8.02. The highest BCUT2D eigenvalue weighted by atomic mass is 15.2. The quantitative estimate of drug-likeness (QED) is 0.636. The summed E-state index contributed by atoms with van der Waals surface area (Å²) < 4.78 is 0. The van der Waals surface area contributed by atoms with E-state index in [0.29, 0.717) is 17.9 Å². The topological polar surface area (TPSA) is 53.6 Å². The lowest BCUT2D eigenvalue weighted by atomic mass is 9.85. The van der Waals surface area contributed by atoms with Gasteiger partial charge in [-0.15, -0.1) is 0 Å². The van der Waals surface area contributed by atoms with Crippen molar-refractivity contribution in [3.8, 4) is 0 Å². The van der Waals surface area contributed by atoms with Gasteiger partial charge in [-0.1, -0.05) is 32.4 Å². The van der Waals surface area contributed by atoms with Crippen LogP contribution in [0.25, 0.3) is 0 Å². The number of rotatable bonds is 5. The van der Waals surface area contributed by atoms with Crippen LogP contribution < -0.4 is 11.1 Å². The lowest BCUT2D eigenvalue weighted by Gasteiger charge is -2.43. The Kier molecular flexibility index (Phi) is 5.77.